The molecule has 0 aromatic carbocycles. The highest BCUT2D eigenvalue weighted by Gasteiger charge is 2.15. The Labute approximate surface area is 125 Å². The monoisotopic (exact) mass is 338 g/mol. The summed E-state index contributed by atoms with van der Waals surface area (Å²) in [6, 6.07) is 3.37. The molecule has 0 aliphatic rings. The summed E-state index contributed by atoms with van der Waals surface area (Å²) in [5.74, 6) is 0.561. The molecule has 2 aromatic rings. The topological polar surface area (TPSA) is 80.0 Å². The van der Waals surface area contributed by atoms with Crippen LogP contribution < -0.4 is 10.6 Å². The van der Waals surface area contributed by atoms with Crippen LogP contribution in [0.4, 0.5) is 11.7 Å². The van der Waals surface area contributed by atoms with Crippen molar-refractivity contribution >= 4 is 33.5 Å². The highest BCUT2D eigenvalue weighted by molar-refractivity contribution is 9.10. The largest absolute Gasteiger partial charge is 0.369 e. The minimum atomic E-state index is -0.298. The summed E-state index contributed by atoms with van der Waals surface area (Å²) >= 11 is 3.32. The van der Waals surface area contributed by atoms with Crippen LogP contribution in [0.1, 0.15) is 29.4 Å². The maximum Gasteiger partial charge on any atom is 0.261 e. The van der Waals surface area contributed by atoms with Crippen LogP contribution in [0.15, 0.2) is 27.3 Å². The van der Waals surface area contributed by atoms with E-state index in [2.05, 4.69) is 36.7 Å². The molecule has 0 saturated heterocycles. The zero-order chi connectivity index (χ0) is 14.5. The third kappa shape index (κ3) is 3.57. The Kier molecular flexibility index (Phi) is 4.73. The Morgan fingerprint density at radius 3 is 2.90 bits per heavy atom. The van der Waals surface area contributed by atoms with Crippen molar-refractivity contribution in [1.29, 1.82) is 0 Å². The van der Waals surface area contributed by atoms with Crippen molar-refractivity contribution in [3.05, 3.63) is 34.1 Å². The number of hydrogen-bond acceptors (Lipinski definition) is 5. The first kappa shape index (κ1) is 14.5. The van der Waals surface area contributed by atoms with Gasteiger partial charge < -0.3 is 9.84 Å². The summed E-state index contributed by atoms with van der Waals surface area (Å²) in [5, 5.41) is 9.50. The average Bonchev–Trinajstić information content (AvgIpc) is 2.82. The van der Waals surface area contributed by atoms with Gasteiger partial charge in [-0.25, -0.2) is 4.98 Å². The number of carbonyl (C=O) groups is 1. The Balaban J connectivity index is 2.21. The second-order valence-corrected chi connectivity index (χ2v) is 5.18. The number of aryl methyl sites for hydroxylation is 1. The van der Waals surface area contributed by atoms with Gasteiger partial charge in [-0.15, -0.1) is 0 Å². The number of rotatable bonds is 5. The molecular weight excluding hydrogens is 324 g/mol. The molecule has 0 unspecified atom stereocenters. The molecule has 2 rings (SSSR count). The standard InChI is InChI=1S/C13H15BrN4O2/c1-3-4-15-12-10(6-9(14)7-16-12)13(19)17-11-5-8(2)18-20-11/h5-7H,3-4H2,1-2H3,(H,15,16)(H,17,19). The lowest BCUT2D eigenvalue weighted by atomic mass is 10.2. The van der Waals surface area contributed by atoms with Crippen molar-refractivity contribution in [2.24, 2.45) is 0 Å². The molecule has 106 valence electrons. The van der Waals surface area contributed by atoms with Gasteiger partial charge >= 0.3 is 0 Å². The van der Waals surface area contributed by atoms with Crippen LogP contribution in [-0.2, 0) is 0 Å². The second kappa shape index (κ2) is 6.51. The Morgan fingerprint density at radius 2 is 2.25 bits per heavy atom. The van der Waals surface area contributed by atoms with E-state index < -0.39 is 0 Å². The van der Waals surface area contributed by atoms with Gasteiger partial charge in [0.1, 0.15) is 5.82 Å². The molecule has 2 aromatic heterocycles. The van der Waals surface area contributed by atoms with E-state index in [1.807, 2.05) is 6.92 Å². The first-order chi connectivity index (χ1) is 9.60. The number of hydrogen-bond donors (Lipinski definition) is 2. The molecule has 1 amide bonds. The summed E-state index contributed by atoms with van der Waals surface area (Å²) in [5.41, 5.74) is 1.15. The van der Waals surface area contributed by atoms with Crippen LogP contribution in [0.2, 0.25) is 0 Å². The zero-order valence-corrected chi connectivity index (χ0v) is 12.8. The number of anilines is 2. The van der Waals surface area contributed by atoms with Crippen LogP contribution >= 0.6 is 15.9 Å². The van der Waals surface area contributed by atoms with Gasteiger partial charge in [0.05, 0.1) is 11.3 Å². The third-order valence-corrected chi connectivity index (χ3v) is 2.94. The highest BCUT2D eigenvalue weighted by atomic mass is 79.9. The summed E-state index contributed by atoms with van der Waals surface area (Å²) in [7, 11) is 0. The lowest BCUT2D eigenvalue weighted by Gasteiger charge is -2.10. The van der Waals surface area contributed by atoms with Gasteiger partial charge in [-0.05, 0) is 35.3 Å². The van der Waals surface area contributed by atoms with E-state index in [1.54, 1.807) is 25.3 Å². The normalized spacial score (nSPS) is 10.3. The van der Waals surface area contributed by atoms with Gasteiger partial charge in [0.25, 0.3) is 5.91 Å². The van der Waals surface area contributed by atoms with Crippen LogP contribution in [0.5, 0.6) is 0 Å². The molecule has 2 heterocycles. The number of nitrogens with one attached hydrogen (secondary N) is 2. The smallest absolute Gasteiger partial charge is 0.261 e. The van der Waals surface area contributed by atoms with Gasteiger partial charge in [0.2, 0.25) is 5.88 Å². The first-order valence-corrected chi connectivity index (χ1v) is 7.03. The highest BCUT2D eigenvalue weighted by Crippen LogP contribution is 2.20. The molecule has 20 heavy (non-hydrogen) atoms. The number of pyridine rings is 1. The summed E-state index contributed by atoms with van der Waals surface area (Å²) in [6.45, 7) is 4.58. The number of nitrogens with zero attached hydrogens (tertiary/aromatic N) is 2. The number of halogens is 1. The molecule has 0 saturated carbocycles. The van der Waals surface area contributed by atoms with Crippen molar-refractivity contribution < 1.29 is 9.32 Å². The van der Waals surface area contributed by atoms with Crippen LogP contribution in [0, 0.1) is 6.92 Å². The van der Waals surface area contributed by atoms with Crippen molar-refractivity contribution in [1.82, 2.24) is 10.1 Å². The van der Waals surface area contributed by atoms with Crippen molar-refractivity contribution in [2.75, 3.05) is 17.2 Å². The fourth-order valence-electron chi connectivity index (χ4n) is 1.60. The fraction of sp³-hybridized carbons (Fsp3) is 0.308. The van der Waals surface area contributed by atoms with Gasteiger partial charge in [-0.3, -0.25) is 10.1 Å². The quantitative estimate of drug-likeness (QED) is 0.874. The van der Waals surface area contributed by atoms with E-state index in [0.29, 0.717) is 23.0 Å². The van der Waals surface area contributed by atoms with E-state index in [-0.39, 0.29) is 5.91 Å². The van der Waals surface area contributed by atoms with E-state index >= 15 is 0 Å². The van der Waals surface area contributed by atoms with Crippen molar-refractivity contribution in [3.8, 4) is 0 Å². The average molecular weight is 339 g/mol. The minimum absolute atomic E-state index is 0.298. The van der Waals surface area contributed by atoms with Crippen LogP contribution in [0.3, 0.4) is 0 Å². The van der Waals surface area contributed by atoms with E-state index in [4.69, 9.17) is 4.52 Å². The van der Waals surface area contributed by atoms with E-state index in [1.165, 1.54) is 0 Å². The van der Waals surface area contributed by atoms with Crippen molar-refractivity contribution in [3.63, 3.8) is 0 Å². The third-order valence-electron chi connectivity index (χ3n) is 2.51. The summed E-state index contributed by atoms with van der Waals surface area (Å²) in [6.07, 6.45) is 2.59. The summed E-state index contributed by atoms with van der Waals surface area (Å²) in [4.78, 5) is 16.5. The molecular formula is C13H15BrN4O2. The predicted octanol–water partition coefficient (Wildman–Crippen LogP) is 3.21. The van der Waals surface area contributed by atoms with Gasteiger partial charge in [-0.1, -0.05) is 12.1 Å². The van der Waals surface area contributed by atoms with E-state index in [0.717, 1.165) is 17.4 Å². The molecule has 0 spiro atoms. The Bertz CT molecular complexity index is 612. The Morgan fingerprint density at radius 1 is 1.45 bits per heavy atom. The molecule has 6 nitrogen and oxygen atoms in total. The molecule has 0 radical (unpaired) electrons. The minimum Gasteiger partial charge on any atom is -0.369 e. The van der Waals surface area contributed by atoms with Crippen LogP contribution in [-0.4, -0.2) is 22.6 Å². The maximum atomic E-state index is 12.3. The van der Waals surface area contributed by atoms with Gasteiger partial charge in [-0.2, -0.15) is 0 Å². The first-order valence-electron chi connectivity index (χ1n) is 6.24. The maximum absolute atomic E-state index is 12.3. The van der Waals surface area contributed by atoms with E-state index in [9.17, 15) is 4.79 Å². The molecule has 7 heteroatoms. The second-order valence-electron chi connectivity index (χ2n) is 4.26. The molecule has 0 bridgehead atoms. The Hall–Kier alpha value is -1.89. The lowest BCUT2D eigenvalue weighted by Crippen LogP contribution is -2.16. The molecule has 0 aliphatic heterocycles. The number of aromatic nitrogens is 2. The molecule has 2 N–H and O–H groups in total. The molecule has 0 aliphatic carbocycles. The molecule has 0 fully saturated rings. The predicted molar refractivity (Wildman–Crippen MR) is 79.9 cm³/mol. The summed E-state index contributed by atoms with van der Waals surface area (Å²) < 4.78 is 5.71. The number of carbonyl (C=O) groups excluding carboxylic acids is 1. The fourth-order valence-corrected chi connectivity index (χ4v) is 1.93. The SMILES string of the molecule is CCCNc1ncc(Br)cc1C(=O)Nc1cc(C)no1. The van der Waals surface area contributed by atoms with Crippen LogP contribution in [0.25, 0.3) is 0 Å². The van der Waals surface area contributed by atoms with Gasteiger partial charge in [0, 0.05) is 23.3 Å². The zero-order valence-electron chi connectivity index (χ0n) is 11.2. The van der Waals surface area contributed by atoms with Gasteiger partial charge in [0.15, 0.2) is 0 Å². The lowest BCUT2D eigenvalue weighted by molar-refractivity contribution is 0.102. The molecule has 0 atom stereocenters. The number of amides is 1. The van der Waals surface area contributed by atoms with Crippen molar-refractivity contribution in [2.45, 2.75) is 20.3 Å².